The number of hydrogen-bond donors (Lipinski definition) is 2. The smallest absolute Gasteiger partial charge is 0.270 e. The first kappa shape index (κ1) is 17.7. The van der Waals surface area contributed by atoms with Crippen LogP contribution in [-0.4, -0.2) is 22.0 Å². The summed E-state index contributed by atoms with van der Waals surface area (Å²) in [4.78, 5) is 29.3. The normalized spacial score (nSPS) is 10.3. The largest absolute Gasteiger partial charge is 0.340 e. The number of nitrogens with one attached hydrogen (secondary N) is 2. The van der Waals surface area contributed by atoms with E-state index in [0.29, 0.717) is 28.6 Å². The van der Waals surface area contributed by atoms with E-state index in [0.717, 1.165) is 4.90 Å². The molecule has 0 aliphatic rings. The summed E-state index contributed by atoms with van der Waals surface area (Å²) in [5.41, 5.74) is 5.76. The third-order valence-electron chi connectivity index (χ3n) is 3.38. The molecule has 2 aromatic carbocycles. The third kappa shape index (κ3) is 4.48. The minimum Gasteiger partial charge on any atom is -0.340 e. The average molecular weight is 368 g/mol. The molecule has 132 valence electrons. The second-order valence-corrected chi connectivity index (χ2v) is 6.31. The fraction of sp³-hybridized carbons (Fsp3) is 0.111. The van der Waals surface area contributed by atoms with Gasteiger partial charge in [-0.05, 0) is 24.3 Å². The molecule has 3 rings (SSSR count). The lowest BCUT2D eigenvalue weighted by molar-refractivity contribution is 0.0845. The summed E-state index contributed by atoms with van der Waals surface area (Å²) in [6, 6.07) is 15.8. The van der Waals surface area contributed by atoms with E-state index in [4.69, 9.17) is 4.52 Å². The van der Waals surface area contributed by atoms with Gasteiger partial charge in [0.25, 0.3) is 11.8 Å². The molecule has 8 heteroatoms. The zero-order valence-electron chi connectivity index (χ0n) is 13.9. The van der Waals surface area contributed by atoms with Crippen molar-refractivity contribution in [3.05, 3.63) is 77.4 Å². The van der Waals surface area contributed by atoms with Crippen molar-refractivity contribution in [2.24, 2.45) is 0 Å². The second kappa shape index (κ2) is 8.30. The van der Waals surface area contributed by atoms with E-state index in [1.807, 2.05) is 18.2 Å². The van der Waals surface area contributed by atoms with Crippen LogP contribution >= 0.6 is 11.8 Å². The first-order valence-corrected chi connectivity index (χ1v) is 8.79. The van der Waals surface area contributed by atoms with Crippen molar-refractivity contribution in [2.75, 3.05) is 0 Å². The summed E-state index contributed by atoms with van der Waals surface area (Å²) >= 11 is 1.41. The summed E-state index contributed by atoms with van der Waals surface area (Å²) in [5, 5.41) is 3.83. The Hall–Kier alpha value is -3.13. The molecule has 7 nitrogen and oxygen atoms in total. The Kier molecular flexibility index (Phi) is 5.65. The molecule has 1 heterocycles. The van der Waals surface area contributed by atoms with Crippen LogP contribution in [0.4, 0.5) is 0 Å². The molecule has 0 saturated heterocycles. The number of carbonyl (C=O) groups excluding carboxylic acids is 2. The summed E-state index contributed by atoms with van der Waals surface area (Å²) in [5.74, 6) is 0.737. The van der Waals surface area contributed by atoms with Crippen LogP contribution in [0.15, 0.2) is 64.0 Å². The minimum atomic E-state index is -0.401. The van der Waals surface area contributed by atoms with Gasteiger partial charge in [-0.25, -0.2) is 0 Å². The Labute approximate surface area is 154 Å². The zero-order chi connectivity index (χ0) is 18.4. The molecule has 0 aliphatic carbocycles. The number of rotatable bonds is 5. The highest BCUT2D eigenvalue weighted by molar-refractivity contribution is 7.98. The van der Waals surface area contributed by atoms with E-state index in [2.05, 4.69) is 21.0 Å². The van der Waals surface area contributed by atoms with Crippen molar-refractivity contribution >= 4 is 23.6 Å². The van der Waals surface area contributed by atoms with Gasteiger partial charge >= 0.3 is 0 Å². The molecule has 0 spiro atoms. The SMILES string of the molecule is Cc1nc(CSc2ccccc2C(=O)NNC(=O)c2ccccc2)no1. The average Bonchev–Trinajstić information content (AvgIpc) is 3.10. The molecule has 3 aromatic rings. The Morgan fingerprint density at radius 1 is 1.00 bits per heavy atom. The maximum Gasteiger partial charge on any atom is 0.270 e. The molecule has 0 radical (unpaired) electrons. The van der Waals surface area contributed by atoms with Crippen molar-refractivity contribution in [3.8, 4) is 0 Å². The topological polar surface area (TPSA) is 97.1 Å². The molecular formula is C18H16N4O3S. The zero-order valence-corrected chi connectivity index (χ0v) is 14.7. The van der Waals surface area contributed by atoms with Crippen LogP contribution in [0, 0.1) is 6.92 Å². The molecule has 2 amide bonds. The van der Waals surface area contributed by atoms with Crippen molar-refractivity contribution in [1.82, 2.24) is 21.0 Å². The van der Waals surface area contributed by atoms with Gasteiger partial charge in [0.05, 0.1) is 11.3 Å². The van der Waals surface area contributed by atoms with Crippen molar-refractivity contribution < 1.29 is 14.1 Å². The quantitative estimate of drug-likeness (QED) is 0.531. The fourth-order valence-corrected chi connectivity index (χ4v) is 3.06. The van der Waals surface area contributed by atoms with Crippen LogP contribution in [0.5, 0.6) is 0 Å². The number of hydrogen-bond acceptors (Lipinski definition) is 6. The highest BCUT2D eigenvalue weighted by Crippen LogP contribution is 2.25. The predicted molar refractivity (Wildman–Crippen MR) is 96.4 cm³/mol. The number of carbonyl (C=O) groups is 2. The Morgan fingerprint density at radius 3 is 2.42 bits per heavy atom. The van der Waals surface area contributed by atoms with E-state index in [1.165, 1.54) is 11.8 Å². The number of aryl methyl sites for hydroxylation is 1. The van der Waals surface area contributed by atoms with E-state index in [1.54, 1.807) is 43.3 Å². The molecule has 26 heavy (non-hydrogen) atoms. The van der Waals surface area contributed by atoms with Crippen LogP contribution in [-0.2, 0) is 5.75 Å². The van der Waals surface area contributed by atoms with E-state index < -0.39 is 5.91 Å². The van der Waals surface area contributed by atoms with Gasteiger partial charge < -0.3 is 4.52 Å². The van der Waals surface area contributed by atoms with Crippen LogP contribution in [0.25, 0.3) is 0 Å². The summed E-state index contributed by atoms with van der Waals surface area (Å²) in [7, 11) is 0. The standard InChI is InChI=1S/C18H16N4O3S/c1-12-19-16(22-25-12)11-26-15-10-6-5-9-14(15)18(24)21-20-17(23)13-7-3-2-4-8-13/h2-10H,11H2,1H3,(H,20,23)(H,21,24). The Morgan fingerprint density at radius 2 is 1.69 bits per heavy atom. The van der Waals surface area contributed by atoms with Crippen molar-refractivity contribution in [1.29, 1.82) is 0 Å². The predicted octanol–water partition coefficient (Wildman–Crippen LogP) is 2.75. The second-order valence-electron chi connectivity index (χ2n) is 5.29. The Balaban J connectivity index is 1.63. The van der Waals surface area contributed by atoms with Crippen LogP contribution in [0.1, 0.15) is 32.4 Å². The maximum atomic E-state index is 12.4. The van der Waals surface area contributed by atoms with Gasteiger partial charge in [0.15, 0.2) is 5.82 Å². The number of benzene rings is 2. The van der Waals surface area contributed by atoms with Gasteiger partial charge in [-0.2, -0.15) is 4.98 Å². The molecule has 0 bridgehead atoms. The molecule has 0 aliphatic heterocycles. The highest BCUT2D eigenvalue weighted by atomic mass is 32.2. The number of aromatic nitrogens is 2. The number of thioether (sulfide) groups is 1. The van der Waals surface area contributed by atoms with Crippen molar-refractivity contribution in [3.63, 3.8) is 0 Å². The molecule has 0 fully saturated rings. The first-order valence-electron chi connectivity index (χ1n) is 7.80. The van der Waals surface area contributed by atoms with Gasteiger partial charge in [-0.3, -0.25) is 20.4 Å². The summed E-state index contributed by atoms with van der Waals surface area (Å²) in [6.07, 6.45) is 0. The summed E-state index contributed by atoms with van der Waals surface area (Å²) in [6.45, 7) is 1.72. The number of amides is 2. The van der Waals surface area contributed by atoms with Gasteiger partial charge in [0.2, 0.25) is 5.89 Å². The van der Waals surface area contributed by atoms with Gasteiger partial charge in [0, 0.05) is 17.4 Å². The monoisotopic (exact) mass is 368 g/mol. The third-order valence-corrected chi connectivity index (χ3v) is 4.45. The van der Waals surface area contributed by atoms with Gasteiger partial charge in [-0.1, -0.05) is 35.5 Å². The van der Waals surface area contributed by atoms with Crippen LogP contribution < -0.4 is 10.9 Å². The summed E-state index contributed by atoms with van der Waals surface area (Å²) < 4.78 is 4.94. The lowest BCUT2D eigenvalue weighted by Crippen LogP contribution is -2.41. The van der Waals surface area contributed by atoms with Crippen molar-refractivity contribution in [2.45, 2.75) is 17.6 Å². The number of hydrazine groups is 1. The van der Waals surface area contributed by atoms with E-state index >= 15 is 0 Å². The lowest BCUT2D eigenvalue weighted by atomic mass is 10.2. The van der Waals surface area contributed by atoms with Gasteiger partial charge in [-0.15, -0.1) is 11.8 Å². The molecule has 2 N–H and O–H groups in total. The molecule has 0 atom stereocenters. The molecule has 1 aromatic heterocycles. The molecule has 0 unspecified atom stereocenters. The molecular weight excluding hydrogens is 352 g/mol. The fourth-order valence-electron chi connectivity index (χ4n) is 2.16. The minimum absolute atomic E-state index is 0.383. The first-order chi connectivity index (χ1) is 12.6. The number of nitrogens with zero attached hydrogens (tertiary/aromatic N) is 2. The lowest BCUT2D eigenvalue weighted by Gasteiger charge is -2.10. The van der Waals surface area contributed by atoms with E-state index in [9.17, 15) is 9.59 Å². The maximum absolute atomic E-state index is 12.4. The van der Waals surface area contributed by atoms with Gasteiger partial charge in [0.1, 0.15) is 0 Å². The van der Waals surface area contributed by atoms with Crippen LogP contribution in [0.3, 0.4) is 0 Å². The highest BCUT2D eigenvalue weighted by Gasteiger charge is 2.14. The molecule has 0 saturated carbocycles. The van der Waals surface area contributed by atoms with Crippen LogP contribution in [0.2, 0.25) is 0 Å². The Bertz CT molecular complexity index is 912. The van der Waals surface area contributed by atoms with E-state index in [-0.39, 0.29) is 5.91 Å².